The van der Waals surface area contributed by atoms with Crippen LogP contribution < -0.4 is 5.56 Å². The minimum absolute atomic E-state index is 0.0488. The molecule has 0 unspecified atom stereocenters. The summed E-state index contributed by atoms with van der Waals surface area (Å²) in [7, 11) is -3.22. The normalized spacial score (nSPS) is 12.1. The molecule has 2 aromatic rings. The third kappa shape index (κ3) is 1.56. The van der Waals surface area contributed by atoms with Crippen LogP contribution in [0.4, 0.5) is 0 Å². The quantitative estimate of drug-likeness (QED) is 0.788. The molecule has 6 heteroatoms. The number of benzene rings is 1. The van der Waals surface area contributed by atoms with E-state index >= 15 is 0 Å². The van der Waals surface area contributed by atoms with Gasteiger partial charge in [0.15, 0.2) is 9.84 Å². The molecular formula is C9H10N2O3S. The molecule has 0 fully saturated rings. The first-order valence-corrected chi connectivity index (χ1v) is 6.13. The highest BCUT2D eigenvalue weighted by molar-refractivity contribution is 7.91. The van der Waals surface area contributed by atoms with E-state index in [1.807, 2.05) is 0 Å². The first-order chi connectivity index (χ1) is 7.04. The van der Waals surface area contributed by atoms with Crippen molar-refractivity contribution in [2.75, 3.05) is 5.75 Å². The zero-order valence-electron chi connectivity index (χ0n) is 8.07. The molecular weight excluding hydrogens is 216 g/mol. The molecule has 2 N–H and O–H groups in total. The number of hydrogen-bond acceptors (Lipinski definition) is 3. The number of aromatic amines is 2. The smallest absolute Gasteiger partial charge is 0.271 e. The van der Waals surface area contributed by atoms with Crippen molar-refractivity contribution in [3.05, 3.63) is 28.6 Å². The molecule has 0 saturated carbocycles. The second kappa shape index (κ2) is 3.23. The lowest BCUT2D eigenvalue weighted by Crippen LogP contribution is -2.03. The maximum atomic E-state index is 11.5. The highest BCUT2D eigenvalue weighted by atomic mass is 32.2. The number of nitrogens with one attached hydrogen (secondary N) is 2. The minimum Gasteiger partial charge on any atom is -0.297 e. The Hall–Kier alpha value is -1.56. The van der Waals surface area contributed by atoms with Crippen LogP contribution in [0.1, 0.15) is 6.92 Å². The topological polar surface area (TPSA) is 82.8 Å². The molecule has 1 heterocycles. The van der Waals surface area contributed by atoms with E-state index in [9.17, 15) is 13.2 Å². The van der Waals surface area contributed by atoms with Gasteiger partial charge in [0, 0.05) is 0 Å². The summed E-state index contributed by atoms with van der Waals surface area (Å²) in [5, 5.41) is 5.48. The molecule has 80 valence electrons. The van der Waals surface area contributed by atoms with E-state index in [0.717, 1.165) is 0 Å². The SMILES string of the molecule is CCS(=O)(=O)c1ccc2c(=O)[nH][nH]c2c1. The van der Waals surface area contributed by atoms with Crippen molar-refractivity contribution in [1.29, 1.82) is 0 Å². The summed E-state index contributed by atoms with van der Waals surface area (Å²) in [6.45, 7) is 1.58. The van der Waals surface area contributed by atoms with Gasteiger partial charge in [-0.15, -0.1) is 0 Å². The van der Waals surface area contributed by atoms with Gasteiger partial charge < -0.3 is 0 Å². The van der Waals surface area contributed by atoms with Crippen molar-refractivity contribution in [1.82, 2.24) is 10.2 Å². The van der Waals surface area contributed by atoms with E-state index < -0.39 is 9.84 Å². The first-order valence-electron chi connectivity index (χ1n) is 4.48. The second-order valence-corrected chi connectivity index (χ2v) is 5.47. The Kier molecular flexibility index (Phi) is 2.15. The summed E-state index contributed by atoms with van der Waals surface area (Å²) in [6, 6.07) is 4.42. The minimum atomic E-state index is -3.22. The fraction of sp³-hybridized carbons (Fsp3) is 0.222. The summed E-state index contributed by atoms with van der Waals surface area (Å²) in [6.07, 6.45) is 0. The van der Waals surface area contributed by atoms with Gasteiger partial charge >= 0.3 is 0 Å². The van der Waals surface area contributed by atoms with E-state index in [1.54, 1.807) is 6.92 Å². The zero-order chi connectivity index (χ0) is 11.1. The van der Waals surface area contributed by atoms with Gasteiger partial charge in [0.2, 0.25) is 0 Å². The van der Waals surface area contributed by atoms with Gasteiger partial charge in [-0.2, -0.15) is 0 Å². The second-order valence-electron chi connectivity index (χ2n) is 3.19. The molecule has 1 aromatic heterocycles. The van der Waals surface area contributed by atoms with Gasteiger partial charge in [-0.1, -0.05) is 6.92 Å². The summed E-state index contributed by atoms with van der Waals surface area (Å²) in [4.78, 5) is 11.4. The third-order valence-corrected chi connectivity index (χ3v) is 4.02. The highest BCUT2D eigenvalue weighted by Crippen LogP contribution is 2.15. The van der Waals surface area contributed by atoms with Crippen LogP contribution in [0.2, 0.25) is 0 Å². The number of sulfone groups is 1. The van der Waals surface area contributed by atoms with Crippen molar-refractivity contribution in [2.24, 2.45) is 0 Å². The van der Waals surface area contributed by atoms with Gasteiger partial charge in [0.05, 0.1) is 21.6 Å². The zero-order valence-corrected chi connectivity index (χ0v) is 8.89. The van der Waals surface area contributed by atoms with Crippen LogP contribution in [-0.4, -0.2) is 24.4 Å². The lowest BCUT2D eigenvalue weighted by Gasteiger charge is -1.99. The molecule has 0 aliphatic carbocycles. The molecule has 0 bridgehead atoms. The van der Waals surface area contributed by atoms with Crippen LogP contribution in [0.3, 0.4) is 0 Å². The molecule has 0 saturated heterocycles. The van der Waals surface area contributed by atoms with Crippen LogP contribution in [0.15, 0.2) is 27.9 Å². The summed E-state index contributed by atoms with van der Waals surface area (Å²) < 4.78 is 23.1. The van der Waals surface area contributed by atoms with E-state index in [0.29, 0.717) is 10.9 Å². The Balaban J connectivity index is 2.73. The van der Waals surface area contributed by atoms with Gasteiger partial charge in [0.25, 0.3) is 5.56 Å². The fourth-order valence-electron chi connectivity index (χ4n) is 1.38. The van der Waals surface area contributed by atoms with E-state index in [1.165, 1.54) is 18.2 Å². The molecule has 0 spiro atoms. The van der Waals surface area contributed by atoms with E-state index in [4.69, 9.17) is 0 Å². The van der Waals surface area contributed by atoms with Crippen molar-refractivity contribution >= 4 is 20.7 Å². The number of rotatable bonds is 2. The van der Waals surface area contributed by atoms with Crippen LogP contribution in [0.5, 0.6) is 0 Å². The maximum Gasteiger partial charge on any atom is 0.271 e. The van der Waals surface area contributed by atoms with Gasteiger partial charge in [0.1, 0.15) is 0 Å². The Labute approximate surface area is 86.0 Å². The molecule has 0 atom stereocenters. The average Bonchev–Trinajstić information content (AvgIpc) is 2.60. The first kappa shape index (κ1) is 9.97. The van der Waals surface area contributed by atoms with E-state index in [-0.39, 0.29) is 16.2 Å². The predicted molar refractivity (Wildman–Crippen MR) is 56.6 cm³/mol. The number of H-pyrrole nitrogens is 2. The molecule has 0 aliphatic rings. The standard InChI is InChI=1S/C9H10N2O3S/c1-2-15(13,14)6-3-4-7-8(5-6)10-11-9(7)12/h3-5H,2H2,1H3,(H2,10,11,12). The Morgan fingerprint density at radius 1 is 1.27 bits per heavy atom. The predicted octanol–water partition coefficient (Wildman–Crippen LogP) is 0.650. The number of fused-ring (bicyclic) bond motifs is 1. The monoisotopic (exact) mass is 226 g/mol. The molecule has 0 aliphatic heterocycles. The average molecular weight is 226 g/mol. The molecule has 2 rings (SSSR count). The Morgan fingerprint density at radius 3 is 2.67 bits per heavy atom. The molecule has 5 nitrogen and oxygen atoms in total. The van der Waals surface area contributed by atoms with Gasteiger partial charge in [-0.25, -0.2) is 8.42 Å². The van der Waals surface area contributed by atoms with Gasteiger partial charge in [-0.05, 0) is 18.2 Å². The highest BCUT2D eigenvalue weighted by Gasteiger charge is 2.12. The number of aromatic nitrogens is 2. The van der Waals surface area contributed by atoms with Crippen LogP contribution in [-0.2, 0) is 9.84 Å². The van der Waals surface area contributed by atoms with Crippen molar-refractivity contribution < 1.29 is 8.42 Å². The lowest BCUT2D eigenvalue weighted by molar-refractivity contribution is 0.597. The van der Waals surface area contributed by atoms with Crippen molar-refractivity contribution in [3.63, 3.8) is 0 Å². The molecule has 15 heavy (non-hydrogen) atoms. The largest absolute Gasteiger partial charge is 0.297 e. The molecule has 1 aromatic carbocycles. The van der Waals surface area contributed by atoms with E-state index in [2.05, 4.69) is 10.2 Å². The van der Waals surface area contributed by atoms with Crippen molar-refractivity contribution in [3.8, 4) is 0 Å². The van der Waals surface area contributed by atoms with Crippen LogP contribution in [0.25, 0.3) is 10.9 Å². The third-order valence-electron chi connectivity index (χ3n) is 2.29. The Morgan fingerprint density at radius 2 is 2.00 bits per heavy atom. The Bertz CT molecular complexity index is 651. The summed E-state index contributed by atoms with van der Waals surface area (Å²) in [5.74, 6) is 0.0488. The fourth-order valence-corrected chi connectivity index (χ4v) is 2.28. The van der Waals surface area contributed by atoms with Crippen molar-refractivity contribution in [2.45, 2.75) is 11.8 Å². The number of hydrogen-bond donors (Lipinski definition) is 2. The van der Waals surface area contributed by atoms with Crippen LogP contribution in [0, 0.1) is 0 Å². The molecule has 0 amide bonds. The van der Waals surface area contributed by atoms with Gasteiger partial charge in [-0.3, -0.25) is 15.0 Å². The molecule has 0 radical (unpaired) electrons. The lowest BCUT2D eigenvalue weighted by atomic mass is 10.2. The maximum absolute atomic E-state index is 11.5. The van der Waals surface area contributed by atoms with Crippen LogP contribution >= 0.6 is 0 Å². The summed E-state index contributed by atoms with van der Waals surface area (Å²) in [5.41, 5.74) is 0.264. The summed E-state index contributed by atoms with van der Waals surface area (Å²) >= 11 is 0.